The first-order valence-corrected chi connectivity index (χ1v) is 6.78. The minimum absolute atomic E-state index is 0.275. The summed E-state index contributed by atoms with van der Waals surface area (Å²) in [6.45, 7) is 1.81. The van der Waals surface area contributed by atoms with Gasteiger partial charge in [0.2, 0.25) is 0 Å². The highest BCUT2D eigenvalue weighted by Crippen LogP contribution is 2.21. The summed E-state index contributed by atoms with van der Waals surface area (Å²) in [5.74, 6) is -0.115. The van der Waals surface area contributed by atoms with Crippen LogP contribution in [0.5, 0.6) is 0 Å². The lowest BCUT2D eigenvalue weighted by Gasteiger charge is -2.24. The summed E-state index contributed by atoms with van der Waals surface area (Å²) in [5.41, 5.74) is 1.36. The average molecular weight is 285 g/mol. The van der Waals surface area contributed by atoms with Gasteiger partial charge in [-0.25, -0.2) is 4.79 Å². The fourth-order valence-electron chi connectivity index (χ4n) is 2.39. The molecule has 2 atom stereocenters. The Kier molecular flexibility index (Phi) is 3.48. The number of fused-ring (bicyclic) bond motifs is 1. The fraction of sp³-hybridized carbons (Fsp3) is 0.250. The number of rotatable bonds is 3. The Labute approximate surface area is 121 Å². The van der Waals surface area contributed by atoms with Crippen LogP contribution in [0.25, 0.3) is 0 Å². The number of cyclic esters (lactones) is 1. The third-order valence-corrected chi connectivity index (χ3v) is 3.51. The van der Waals surface area contributed by atoms with E-state index in [1.54, 1.807) is 30.5 Å². The molecule has 0 fully saturated rings. The Morgan fingerprint density at radius 2 is 2.10 bits per heavy atom. The number of amides is 1. The van der Waals surface area contributed by atoms with E-state index in [-0.39, 0.29) is 11.9 Å². The van der Waals surface area contributed by atoms with Crippen LogP contribution in [0.15, 0.2) is 47.1 Å². The molecule has 0 radical (unpaired) electrons. The second-order valence-corrected chi connectivity index (χ2v) is 5.00. The molecule has 2 unspecified atom stereocenters. The predicted molar refractivity (Wildman–Crippen MR) is 74.6 cm³/mol. The lowest BCUT2D eigenvalue weighted by Crippen LogP contribution is -2.42. The van der Waals surface area contributed by atoms with Crippen molar-refractivity contribution in [1.82, 2.24) is 5.32 Å². The smallest absolute Gasteiger partial charge is 0.339 e. The number of hydrogen-bond acceptors (Lipinski definition) is 4. The lowest BCUT2D eigenvalue weighted by atomic mass is 9.98. The van der Waals surface area contributed by atoms with Crippen molar-refractivity contribution in [3.8, 4) is 0 Å². The third-order valence-electron chi connectivity index (χ3n) is 3.51. The van der Waals surface area contributed by atoms with Gasteiger partial charge in [0.25, 0.3) is 5.91 Å². The molecule has 0 aliphatic carbocycles. The van der Waals surface area contributed by atoms with E-state index in [2.05, 4.69) is 5.32 Å². The van der Waals surface area contributed by atoms with E-state index in [0.29, 0.717) is 17.7 Å². The van der Waals surface area contributed by atoms with Gasteiger partial charge in [-0.3, -0.25) is 4.79 Å². The van der Waals surface area contributed by atoms with Crippen molar-refractivity contribution in [3.05, 3.63) is 59.5 Å². The number of esters is 1. The summed E-state index contributed by atoms with van der Waals surface area (Å²) in [7, 11) is 0. The molecule has 3 rings (SSSR count). The highest BCUT2D eigenvalue weighted by atomic mass is 16.5. The van der Waals surface area contributed by atoms with Crippen molar-refractivity contribution in [2.24, 2.45) is 0 Å². The van der Waals surface area contributed by atoms with Crippen LogP contribution in [0.3, 0.4) is 0 Å². The van der Waals surface area contributed by atoms with Gasteiger partial charge in [-0.15, -0.1) is 0 Å². The molecule has 0 bridgehead atoms. The van der Waals surface area contributed by atoms with E-state index in [1.165, 1.54) is 0 Å². The van der Waals surface area contributed by atoms with Crippen LogP contribution in [0.2, 0.25) is 0 Å². The summed E-state index contributed by atoms with van der Waals surface area (Å²) in [5, 5.41) is 2.79. The van der Waals surface area contributed by atoms with Crippen LogP contribution in [0, 0.1) is 0 Å². The first kappa shape index (κ1) is 13.4. The topological polar surface area (TPSA) is 68.5 Å². The van der Waals surface area contributed by atoms with Crippen molar-refractivity contribution in [2.45, 2.75) is 25.5 Å². The zero-order chi connectivity index (χ0) is 14.8. The van der Waals surface area contributed by atoms with Gasteiger partial charge in [-0.05, 0) is 30.7 Å². The van der Waals surface area contributed by atoms with E-state index in [4.69, 9.17) is 9.15 Å². The van der Waals surface area contributed by atoms with Crippen LogP contribution in [0.4, 0.5) is 0 Å². The maximum absolute atomic E-state index is 12.2. The van der Waals surface area contributed by atoms with Crippen molar-refractivity contribution in [1.29, 1.82) is 0 Å². The minimum atomic E-state index is -0.801. The second kappa shape index (κ2) is 5.44. The van der Waals surface area contributed by atoms with Crippen molar-refractivity contribution >= 4 is 11.9 Å². The maximum Gasteiger partial charge on any atom is 0.339 e. The molecule has 0 spiro atoms. The molecule has 5 nitrogen and oxygen atoms in total. The first-order valence-electron chi connectivity index (χ1n) is 6.78. The zero-order valence-electron chi connectivity index (χ0n) is 11.5. The minimum Gasteiger partial charge on any atom is -0.467 e. The van der Waals surface area contributed by atoms with E-state index < -0.39 is 12.1 Å². The van der Waals surface area contributed by atoms with E-state index in [9.17, 15) is 9.59 Å². The monoisotopic (exact) mass is 285 g/mol. The van der Waals surface area contributed by atoms with E-state index in [0.717, 1.165) is 5.56 Å². The van der Waals surface area contributed by atoms with Gasteiger partial charge in [0.15, 0.2) is 6.10 Å². The number of ether oxygens (including phenoxy) is 1. The number of carbonyl (C=O) groups excluding carboxylic acids is 2. The molecule has 5 heteroatoms. The normalized spacial score (nSPS) is 18.5. The molecule has 2 aromatic rings. The lowest BCUT2D eigenvalue weighted by molar-refractivity contribution is -0.131. The summed E-state index contributed by atoms with van der Waals surface area (Å²) in [6.07, 6.45) is 1.14. The first-order chi connectivity index (χ1) is 10.1. The molecule has 1 N–H and O–H groups in total. The summed E-state index contributed by atoms with van der Waals surface area (Å²) < 4.78 is 10.4. The van der Waals surface area contributed by atoms with Gasteiger partial charge < -0.3 is 14.5 Å². The molecular formula is C16H15NO4. The van der Waals surface area contributed by atoms with E-state index in [1.807, 2.05) is 19.1 Å². The largest absolute Gasteiger partial charge is 0.467 e. The summed E-state index contributed by atoms with van der Waals surface area (Å²) in [4.78, 5) is 24.1. The second-order valence-electron chi connectivity index (χ2n) is 5.00. The van der Waals surface area contributed by atoms with Crippen molar-refractivity contribution in [2.75, 3.05) is 0 Å². The average Bonchev–Trinajstić information content (AvgIpc) is 3.01. The highest BCUT2D eigenvalue weighted by Gasteiger charge is 2.31. The number of nitrogens with one attached hydrogen (secondary N) is 1. The van der Waals surface area contributed by atoms with Crippen LogP contribution < -0.4 is 5.32 Å². The Morgan fingerprint density at radius 3 is 2.86 bits per heavy atom. The molecule has 0 saturated carbocycles. The SMILES string of the molecule is CC(NC(=O)C1Cc2ccccc2C(=O)O1)c1ccco1. The molecule has 0 saturated heterocycles. The summed E-state index contributed by atoms with van der Waals surface area (Å²) >= 11 is 0. The Morgan fingerprint density at radius 1 is 1.29 bits per heavy atom. The van der Waals surface area contributed by atoms with Gasteiger partial charge in [0.05, 0.1) is 17.9 Å². The van der Waals surface area contributed by atoms with Gasteiger partial charge in [0, 0.05) is 6.42 Å². The van der Waals surface area contributed by atoms with E-state index >= 15 is 0 Å². The highest BCUT2D eigenvalue weighted by molar-refractivity contribution is 5.95. The van der Waals surface area contributed by atoms with Crippen LogP contribution in [-0.4, -0.2) is 18.0 Å². The molecule has 2 heterocycles. The summed E-state index contributed by atoms with van der Waals surface area (Å²) in [6, 6.07) is 10.4. The molecule has 21 heavy (non-hydrogen) atoms. The molecule has 1 aliphatic rings. The van der Waals surface area contributed by atoms with Crippen LogP contribution in [-0.2, 0) is 16.0 Å². The standard InChI is InChI=1S/C16H15NO4/c1-10(13-7-4-8-20-13)17-15(18)14-9-11-5-2-3-6-12(11)16(19)21-14/h2-8,10,14H,9H2,1H3,(H,17,18). The molecular weight excluding hydrogens is 270 g/mol. The van der Waals surface area contributed by atoms with Gasteiger partial charge in [-0.2, -0.15) is 0 Å². The van der Waals surface area contributed by atoms with Gasteiger partial charge >= 0.3 is 5.97 Å². The zero-order valence-corrected chi connectivity index (χ0v) is 11.5. The molecule has 1 amide bonds. The van der Waals surface area contributed by atoms with Gasteiger partial charge in [-0.1, -0.05) is 18.2 Å². The van der Waals surface area contributed by atoms with Gasteiger partial charge in [0.1, 0.15) is 5.76 Å². The molecule has 108 valence electrons. The Balaban J connectivity index is 1.71. The number of furan rings is 1. The van der Waals surface area contributed by atoms with Crippen molar-refractivity contribution < 1.29 is 18.7 Å². The molecule has 1 aromatic carbocycles. The Hall–Kier alpha value is -2.56. The quantitative estimate of drug-likeness (QED) is 0.878. The number of benzene rings is 1. The fourth-order valence-corrected chi connectivity index (χ4v) is 2.39. The molecule has 1 aliphatic heterocycles. The molecule has 1 aromatic heterocycles. The van der Waals surface area contributed by atoms with Crippen molar-refractivity contribution in [3.63, 3.8) is 0 Å². The Bertz CT molecular complexity index is 663. The third kappa shape index (κ3) is 2.67. The van der Waals surface area contributed by atoms with Crippen LogP contribution in [0.1, 0.15) is 34.6 Å². The number of hydrogen-bond donors (Lipinski definition) is 1. The number of carbonyl (C=O) groups is 2. The predicted octanol–water partition coefficient (Wildman–Crippen LogP) is 2.24. The maximum atomic E-state index is 12.2. The van der Waals surface area contributed by atoms with Crippen LogP contribution >= 0.6 is 0 Å².